The molecule has 1 aromatic heterocycles. The van der Waals surface area contributed by atoms with Gasteiger partial charge in [0.2, 0.25) is 11.9 Å². The average molecular weight is 409 g/mol. The van der Waals surface area contributed by atoms with E-state index in [1.165, 1.54) is 0 Å². The van der Waals surface area contributed by atoms with Crippen LogP contribution < -0.4 is 10.6 Å². The molecule has 1 saturated heterocycles. The lowest BCUT2D eigenvalue weighted by Crippen LogP contribution is -2.55. The first kappa shape index (κ1) is 18.3. The first-order valence-electron chi connectivity index (χ1n) is 8.62. The Bertz CT molecular complexity index is 676. The Morgan fingerprint density at radius 3 is 2.88 bits per heavy atom. The van der Waals surface area contributed by atoms with E-state index >= 15 is 0 Å². The molecular weight excluding hydrogens is 384 g/mol. The third kappa shape index (κ3) is 4.37. The normalized spacial score (nSPS) is 19.0. The van der Waals surface area contributed by atoms with Gasteiger partial charge in [-0.05, 0) is 35.0 Å². The lowest BCUT2D eigenvalue weighted by atomic mass is 9.96. The average Bonchev–Trinajstić information content (AvgIpc) is 2.82. The molecule has 0 aromatic carbocycles. The monoisotopic (exact) mass is 408 g/mol. The number of carbonyl (C=O) groups excluding carboxylic acids is 1. The molecular formula is C17H25BrN6O. The van der Waals surface area contributed by atoms with Gasteiger partial charge in [-0.2, -0.15) is 4.99 Å². The van der Waals surface area contributed by atoms with Crippen molar-refractivity contribution in [3.63, 3.8) is 0 Å². The number of rotatable bonds is 1. The Hall–Kier alpha value is -1.51. The van der Waals surface area contributed by atoms with Crippen molar-refractivity contribution in [2.45, 2.75) is 33.7 Å². The molecule has 3 heterocycles. The topological polar surface area (TPSA) is 72.9 Å². The molecule has 1 amide bonds. The van der Waals surface area contributed by atoms with E-state index in [4.69, 9.17) is 0 Å². The zero-order chi connectivity index (χ0) is 18.0. The fourth-order valence-corrected chi connectivity index (χ4v) is 3.15. The predicted molar refractivity (Wildman–Crippen MR) is 101 cm³/mol. The lowest BCUT2D eigenvalue weighted by Gasteiger charge is -2.38. The number of nitrogens with zero attached hydrogens (tertiary/aromatic N) is 4. The zero-order valence-corrected chi connectivity index (χ0v) is 16.6. The molecule has 0 unspecified atom stereocenters. The molecule has 136 valence electrons. The quantitative estimate of drug-likeness (QED) is 0.743. The van der Waals surface area contributed by atoms with Crippen molar-refractivity contribution in [3.05, 3.63) is 22.3 Å². The van der Waals surface area contributed by atoms with Gasteiger partial charge in [0.25, 0.3) is 0 Å². The fourth-order valence-electron chi connectivity index (χ4n) is 2.77. The second-order valence-electron chi connectivity index (χ2n) is 7.39. The summed E-state index contributed by atoms with van der Waals surface area (Å²) in [6, 6.07) is 2.04. The maximum absolute atomic E-state index is 12.5. The van der Waals surface area contributed by atoms with Crippen molar-refractivity contribution in [3.8, 4) is 0 Å². The molecule has 0 bridgehead atoms. The Morgan fingerprint density at radius 2 is 2.12 bits per heavy atom. The summed E-state index contributed by atoms with van der Waals surface area (Å²) >= 11 is 3.48. The van der Waals surface area contributed by atoms with E-state index in [1.54, 1.807) is 6.20 Å². The molecule has 0 aliphatic carbocycles. The molecule has 0 atom stereocenters. The smallest absolute Gasteiger partial charge is 0.232 e. The van der Waals surface area contributed by atoms with E-state index in [2.05, 4.69) is 46.6 Å². The van der Waals surface area contributed by atoms with Gasteiger partial charge in [-0.15, -0.1) is 0 Å². The molecule has 0 saturated carbocycles. The summed E-state index contributed by atoms with van der Waals surface area (Å²) in [5.74, 6) is 1.17. The van der Waals surface area contributed by atoms with Crippen molar-refractivity contribution >= 4 is 33.6 Å². The Balaban J connectivity index is 1.92. The third-order valence-corrected chi connectivity index (χ3v) is 4.68. The van der Waals surface area contributed by atoms with Crippen molar-refractivity contribution in [2.75, 3.05) is 26.2 Å². The summed E-state index contributed by atoms with van der Waals surface area (Å²) in [5, 5.41) is 10.7. The molecule has 0 spiro atoms. The molecule has 1 fully saturated rings. The minimum Gasteiger partial charge on any atom is -0.315 e. The molecule has 1 aromatic rings. The second-order valence-corrected chi connectivity index (χ2v) is 8.31. The number of fused-ring (bicyclic) bond motifs is 1. The third-order valence-electron chi connectivity index (χ3n) is 4.25. The van der Waals surface area contributed by atoms with Crippen molar-refractivity contribution in [1.82, 2.24) is 25.6 Å². The number of nitrogens with one attached hydrogen (secondary N) is 2. The minimum atomic E-state index is -0.484. The number of aromatic nitrogens is 1. The van der Waals surface area contributed by atoms with Gasteiger partial charge < -0.3 is 5.32 Å². The van der Waals surface area contributed by atoms with E-state index < -0.39 is 5.41 Å². The Morgan fingerprint density at radius 1 is 1.32 bits per heavy atom. The molecule has 2 aliphatic heterocycles. The van der Waals surface area contributed by atoms with Crippen LogP contribution in [0.5, 0.6) is 0 Å². The van der Waals surface area contributed by atoms with E-state index in [0.717, 1.165) is 42.6 Å². The van der Waals surface area contributed by atoms with Gasteiger partial charge in [0.1, 0.15) is 0 Å². The highest BCUT2D eigenvalue weighted by molar-refractivity contribution is 9.10. The number of pyridine rings is 1. The van der Waals surface area contributed by atoms with Gasteiger partial charge in [-0.25, -0.2) is 9.99 Å². The van der Waals surface area contributed by atoms with Crippen LogP contribution >= 0.6 is 15.9 Å². The number of hydrogen-bond donors (Lipinski definition) is 2. The number of amides is 1. The van der Waals surface area contributed by atoms with Gasteiger partial charge in [-0.1, -0.05) is 20.8 Å². The van der Waals surface area contributed by atoms with Gasteiger partial charge in [0.05, 0.1) is 6.54 Å². The SMILES string of the molecule is CC(C)(C)C(=O)NC1=Nc2ncc(Br)cc2CN1N1CCCNCC1. The second kappa shape index (κ2) is 7.39. The van der Waals surface area contributed by atoms with E-state index in [1.807, 2.05) is 26.8 Å². The molecule has 7 nitrogen and oxygen atoms in total. The fraction of sp³-hybridized carbons (Fsp3) is 0.588. The van der Waals surface area contributed by atoms with Crippen LogP contribution in [0.15, 0.2) is 21.7 Å². The molecule has 25 heavy (non-hydrogen) atoms. The number of hydrogen-bond acceptors (Lipinski definition) is 6. The Labute approximate surface area is 157 Å². The Kier molecular flexibility index (Phi) is 5.41. The molecule has 0 radical (unpaired) electrons. The maximum atomic E-state index is 12.5. The largest absolute Gasteiger partial charge is 0.315 e. The van der Waals surface area contributed by atoms with Crippen molar-refractivity contribution in [2.24, 2.45) is 10.4 Å². The van der Waals surface area contributed by atoms with Gasteiger partial charge in [-0.3, -0.25) is 15.1 Å². The summed E-state index contributed by atoms with van der Waals surface area (Å²) in [6.45, 7) is 10.1. The van der Waals surface area contributed by atoms with Gasteiger partial charge in [0, 0.05) is 41.3 Å². The number of halogens is 1. The molecule has 8 heteroatoms. The van der Waals surface area contributed by atoms with E-state index in [9.17, 15) is 4.79 Å². The van der Waals surface area contributed by atoms with Crippen molar-refractivity contribution in [1.29, 1.82) is 0 Å². The highest BCUT2D eigenvalue weighted by atomic mass is 79.9. The predicted octanol–water partition coefficient (Wildman–Crippen LogP) is 2.02. The van der Waals surface area contributed by atoms with Crippen LogP contribution in [-0.2, 0) is 11.3 Å². The van der Waals surface area contributed by atoms with E-state index in [0.29, 0.717) is 18.3 Å². The number of aliphatic imine (C=N–C) groups is 1. The van der Waals surface area contributed by atoms with Crippen LogP contribution in [0.25, 0.3) is 0 Å². The van der Waals surface area contributed by atoms with Crippen LogP contribution in [0, 0.1) is 5.41 Å². The van der Waals surface area contributed by atoms with Crippen LogP contribution in [0.4, 0.5) is 5.82 Å². The highest BCUT2D eigenvalue weighted by Gasteiger charge is 2.30. The zero-order valence-electron chi connectivity index (χ0n) is 15.0. The minimum absolute atomic E-state index is 0.0511. The van der Waals surface area contributed by atoms with Crippen LogP contribution in [0.3, 0.4) is 0 Å². The standard InChI is InChI=1S/C17H25BrN6O/c1-17(2,3)15(25)22-16-21-14-12(9-13(18)10-20-14)11-24(16)23-7-4-5-19-6-8-23/h9-10,19H,4-8,11H2,1-3H3,(H,20,21,22,25). The van der Waals surface area contributed by atoms with Gasteiger partial charge >= 0.3 is 0 Å². The van der Waals surface area contributed by atoms with E-state index in [-0.39, 0.29) is 5.91 Å². The van der Waals surface area contributed by atoms with Crippen LogP contribution in [-0.4, -0.2) is 53.0 Å². The summed E-state index contributed by atoms with van der Waals surface area (Å²) in [5.41, 5.74) is 0.558. The number of guanidine groups is 1. The molecule has 2 N–H and O–H groups in total. The highest BCUT2D eigenvalue weighted by Crippen LogP contribution is 2.27. The summed E-state index contributed by atoms with van der Waals surface area (Å²) < 4.78 is 0.932. The summed E-state index contributed by atoms with van der Waals surface area (Å²) in [6.07, 6.45) is 2.79. The summed E-state index contributed by atoms with van der Waals surface area (Å²) in [4.78, 5) is 21.6. The van der Waals surface area contributed by atoms with Gasteiger partial charge in [0.15, 0.2) is 5.82 Å². The van der Waals surface area contributed by atoms with Crippen molar-refractivity contribution < 1.29 is 4.79 Å². The summed E-state index contributed by atoms with van der Waals surface area (Å²) in [7, 11) is 0. The number of carbonyl (C=O) groups is 1. The molecule has 2 aliphatic rings. The first-order valence-corrected chi connectivity index (χ1v) is 9.41. The maximum Gasteiger partial charge on any atom is 0.232 e. The number of hydrazine groups is 1. The lowest BCUT2D eigenvalue weighted by molar-refractivity contribution is -0.127. The van der Waals surface area contributed by atoms with Crippen LogP contribution in [0.2, 0.25) is 0 Å². The molecule has 3 rings (SSSR count). The first-order chi connectivity index (χ1) is 11.8. The van der Waals surface area contributed by atoms with Crippen LogP contribution in [0.1, 0.15) is 32.8 Å².